The summed E-state index contributed by atoms with van der Waals surface area (Å²) in [5.74, 6) is 0.845. The van der Waals surface area contributed by atoms with Crippen molar-refractivity contribution in [1.29, 1.82) is 0 Å². The molecule has 1 aromatic carbocycles. The summed E-state index contributed by atoms with van der Waals surface area (Å²) < 4.78 is 11.0. The van der Waals surface area contributed by atoms with Crippen LogP contribution < -0.4 is 10.5 Å². The third-order valence-corrected chi connectivity index (χ3v) is 2.94. The maximum absolute atomic E-state index is 9.19. The quantitative estimate of drug-likeness (QED) is 0.788. The van der Waals surface area contributed by atoms with Crippen molar-refractivity contribution < 1.29 is 14.6 Å². The monoisotopic (exact) mass is 223 g/mol. The van der Waals surface area contributed by atoms with Gasteiger partial charge in [0.15, 0.2) is 0 Å². The fourth-order valence-electron chi connectivity index (χ4n) is 2.17. The molecule has 0 radical (unpaired) electrons. The van der Waals surface area contributed by atoms with Gasteiger partial charge in [0.05, 0.1) is 25.9 Å². The number of hydrogen-bond acceptors (Lipinski definition) is 4. The number of hydrogen-bond donors (Lipinski definition) is 2. The van der Waals surface area contributed by atoms with Crippen LogP contribution >= 0.6 is 0 Å². The molecule has 0 bridgehead atoms. The largest absolute Gasteiger partial charge is 0.496 e. The molecule has 0 aromatic heterocycles. The first-order valence-electron chi connectivity index (χ1n) is 5.42. The van der Waals surface area contributed by atoms with Crippen molar-refractivity contribution in [2.45, 2.75) is 18.6 Å². The van der Waals surface area contributed by atoms with Crippen molar-refractivity contribution in [2.24, 2.45) is 5.73 Å². The Hall–Kier alpha value is -1.10. The topological polar surface area (TPSA) is 64.7 Å². The molecule has 16 heavy (non-hydrogen) atoms. The maximum atomic E-state index is 9.19. The summed E-state index contributed by atoms with van der Waals surface area (Å²) in [5.41, 5.74) is 7.86. The minimum absolute atomic E-state index is 0.00793. The van der Waals surface area contributed by atoms with Gasteiger partial charge < -0.3 is 20.3 Å². The Morgan fingerprint density at radius 1 is 1.56 bits per heavy atom. The molecular weight excluding hydrogens is 206 g/mol. The third-order valence-electron chi connectivity index (χ3n) is 2.94. The van der Waals surface area contributed by atoms with E-state index in [4.69, 9.17) is 15.2 Å². The van der Waals surface area contributed by atoms with Crippen LogP contribution in [-0.2, 0) is 11.2 Å². The molecule has 0 spiro atoms. The molecule has 3 N–H and O–H groups in total. The molecule has 1 heterocycles. The van der Waals surface area contributed by atoms with Crippen molar-refractivity contribution in [3.8, 4) is 5.75 Å². The zero-order valence-corrected chi connectivity index (χ0v) is 9.35. The van der Waals surface area contributed by atoms with Gasteiger partial charge in [-0.05, 0) is 11.6 Å². The van der Waals surface area contributed by atoms with Gasteiger partial charge in [0.25, 0.3) is 0 Å². The minimum Gasteiger partial charge on any atom is -0.496 e. The summed E-state index contributed by atoms with van der Waals surface area (Å²) in [6.45, 7) is 0.421. The zero-order valence-electron chi connectivity index (χ0n) is 9.35. The molecule has 4 nitrogen and oxygen atoms in total. The van der Waals surface area contributed by atoms with Gasteiger partial charge in [-0.25, -0.2) is 0 Å². The van der Waals surface area contributed by atoms with Gasteiger partial charge in [0, 0.05) is 18.5 Å². The highest BCUT2D eigenvalue weighted by atomic mass is 16.5. The van der Waals surface area contributed by atoms with E-state index in [0.29, 0.717) is 13.0 Å². The molecule has 0 saturated carbocycles. The third kappa shape index (κ3) is 1.91. The number of ether oxygens (including phenoxy) is 2. The molecule has 0 aliphatic carbocycles. The van der Waals surface area contributed by atoms with Crippen molar-refractivity contribution in [1.82, 2.24) is 0 Å². The van der Waals surface area contributed by atoms with Crippen LogP contribution in [0.2, 0.25) is 0 Å². The molecule has 1 aliphatic rings. The van der Waals surface area contributed by atoms with Gasteiger partial charge in [-0.15, -0.1) is 0 Å². The Kier molecular flexibility index (Phi) is 3.43. The van der Waals surface area contributed by atoms with Gasteiger partial charge in [-0.2, -0.15) is 0 Å². The molecular formula is C12H17NO3. The molecule has 2 rings (SSSR count). The number of rotatable bonds is 3. The van der Waals surface area contributed by atoms with E-state index in [0.717, 1.165) is 16.9 Å². The lowest BCUT2D eigenvalue weighted by atomic mass is 9.93. The summed E-state index contributed by atoms with van der Waals surface area (Å²) in [4.78, 5) is 0. The predicted octanol–water partition coefficient (Wildman–Crippen LogP) is 0.629. The smallest absolute Gasteiger partial charge is 0.122 e. The average Bonchev–Trinajstić information content (AvgIpc) is 2.36. The second-order valence-corrected chi connectivity index (χ2v) is 3.90. The fraction of sp³-hybridized carbons (Fsp3) is 0.500. The van der Waals surface area contributed by atoms with Gasteiger partial charge in [0.1, 0.15) is 5.75 Å². The lowest BCUT2D eigenvalue weighted by Crippen LogP contribution is -2.32. The summed E-state index contributed by atoms with van der Waals surface area (Å²) in [7, 11) is 1.65. The Morgan fingerprint density at radius 2 is 2.38 bits per heavy atom. The normalized spacial score (nSPS) is 23.9. The van der Waals surface area contributed by atoms with E-state index in [1.54, 1.807) is 7.11 Å². The molecule has 1 aromatic rings. The van der Waals surface area contributed by atoms with Crippen LogP contribution in [0, 0.1) is 0 Å². The number of benzene rings is 1. The first-order valence-corrected chi connectivity index (χ1v) is 5.42. The Balaban J connectivity index is 2.41. The molecule has 1 aliphatic heterocycles. The van der Waals surface area contributed by atoms with E-state index < -0.39 is 0 Å². The summed E-state index contributed by atoms with van der Waals surface area (Å²) in [5, 5.41) is 9.19. The van der Waals surface area contributed by atoms with Gasteiger partial charge >= 0.3 is 0 Å². The Morgan fingerprint density at radius 3 is 3.00 bits per heavy atom. The highest BCUT2D eigenvalue weighted by Gasteiger charge is 2.28. The summed E-state index contributed by atoms with van der Waals surface area (Å²) in [6, 6.07) is 5.86. The van der Waals surface area contributed by atoms with Crippen LogP contribution in [0.3, 0.4) is 0 Å². The predicted molar refractivity (Wildman–Crippen MR) is 60.5 cm³/mol. The minimum atomic E-state index is -0.183. The highest BCUT2D eigenvalue weighted by Crippen LogP contribution is 2.34. The van der Waals surface area contributed by atoms with E-state index in [2.05, 4.69) is 0 Å². The number of methoxy groups -OCH3 is 1. The molecule has 0 saturated heterocycles. The van der Waals surface area contributed by atoms with Crippen LogP contribution in [0.25, 0.3) is 0 Å². The van der Waals surface area contributed by atoms with Crippen molar-refractivity contribution in [3.63, 3.8) is 0 Å². The summed E-state index contributed by atoms with van der Waals surface area (Å²) >= 11 is 0. The highest BCUT2D eigenvalue weighted by molar-refractivity contribution is 5.43. The van der Waals surface area contributed by atoms with E-state index in [1.165, 1.54) is 0 Å². The first-order chi connectivity index (χ1) is 7.80. The second kappa shape index (κ2) is 4.82. The van der Waals surface area contributed by atoms with Crippen LogP contribution in [0.5, 0.6) is 5.75 Å². The van der Waals surface area contributed by atoms with E-state index in [-0.39, 0.29) is 18.8 Å². The molecule has 4 heteroatoms. The van der Waals surface area contributed by atoms with Crippen molar-refractivity contribution in [2.75, 3.05) is 20.3 Å². The molecule has 0 amide bonds. The number of nitrogens with two attached hydrogens (primary N) is 1. The van der Waals surface area contributed by atoms with Crippen LogP contribution in [0.4, 0.5) is 0 Å². The molecule has 0 unspecified atom stereocenters. The van der Waals surface area contributed by atoms with Crippen LogP contribution in [-0.4, -0.2) is 31.5 Å². The molecule has 88 valence electrons. The zero-order chi connectivity index (χ0) is 11.5. The lowest BCUT2D eigenvalue weighted by molar-refractivity contribution is -0.0471. The molecule has 0 fully saturated rings. The van der Waals surface area contributed by atoms with Gasteiger partial charge in [-0.3, -0.25) is 0 Å². The lowest BCUT2D eigenvalue weighted by Gasteiger charge is -2.31. The summed E-state index contributed by atoms with van der Waals surface area (Å²) in [6.07, 6.45) is 0.347. The van der Waals surface area contributed by atoms with E-state index in [9.17, 15) is 5.11 Å². The standard InChI is InChI=1S/C12H17NO3/c1-15-11-4-2-3-9-10(11)5-8(7-14)16-12(9)6-13/h2-4,8,12,14H,5-7,13H2,1H3/t8-,12-/m0/s1. The van der Waals surface area contributed by atoms with Crippen molar-refractivity contribution >= 4 is 0 Å². The van der Waals surface area contributed by atoms with Crippen LogP contribution in [0.15, 0.2) is 18.2 Å². The van der Waals surface area contributed by atoms with Gasteiger partial charge in [-0.1, -0.05) is 12.1 Å². The number of aliphatic hydroxyl groups excluding tert-OH is 1. The van der Waals surface area contributed by atoms with Crippen molar-refractivity contribution in [3.05, 3.63) is 29.3 Å². The molecule has 2 atom stereocenters. The van der Waals surface area contributed by atoms with Crippen LogP contribution in [0.1, 0.15) is 17.2 Å². The maximum Gasteiger partial charge on any atom is 0.122 e. The number of fused-ring (bicyclic) bond motifs is 1. The SMILES string of the molecule is COc1cccc2c1C[C@@H](CO)O[C@H]2CN. The van der Waals surface area contributed by atoms with E-state index in [1.807, 2.05) is 18.2 Å². The first kappa shape index (κ1) is 11.4. The Labute approximate surface area is 95.0 Å². The van der Waals surface area contributed by atoms with Gasteiger partial charge in [0.2, 0.25) is 0 Å². The fourth-order valence-corrected chi connectivity index (χ4v) is 2.17. The second-order valence-electron chi connectivity index (χ2n) is 3.90. The average molecular weight is 223 g/mol. The van der Waals surface area contributed by atoms with E-state index >= 15 is 0 Å². The number of aliphatic hydroxyl groups is 1. The Bertz CT molecular complexity index is 367.